The number of para-hydroxylation sites is 2. The highest BCUT2D eigenvalue weighted by atomic mass is 16.6. The Kier molecular flexibility index (Phi) is 6.48. The molecule has 0 aliphatic carbocycles. The molecule has 1 N–H and O–H groups in total. The Bertz CT molecular complexity index is 835. The number of likely N-dealkylation sites (N-methyl/N-ethyl adjacent to an activating group) is 1. The number of carbonyl (C=O) groups excluding carboxylic acids is 2. The fourth-order valence-corrected chi connectivity index (χ4v) is 2.39. The number of rotatable bonds is 7. The summed E-state index contributed by atoms with van der Waals surface area (Å²) in [4.78, 5) is 36.2. The highest BCUT2D eigenvalue weighted by molar-refractivity contribution is 5.95. The zero-order valence-electron chi connectivity index (χ0n) is 15.3. The lowest BCUT2D eigenvalue weighted by molar-refractivity contribution is -0.386. The van der Waals surface area contributed by atoms with E-state index < -0.39 is 16.9 Å². The fraction of sp³-hybridized carbons (Fsp3) is 0.263. The molecule has 0 saturated carbocycles. The first-order valence-corrected chi connectivity index (χ1v) is 8.29. The summed E-state index contributed by atoms with van der Waals surface area (Å²) >= 11 is 0. The van der Waals surface area contributed by atoms with Gasteiger partial charge in [0.15, 0.2) is 11.9 Å². The molecule has 0 aromatic heterocycles. The maximum Gasteiger partial charge on any atom is 0.310 e. The van der Waals surface area contributed by atoms with Gasteiger partial charge in [-0.25, -0.2) is 0 Å². The highest BCUT2D eigenvalue weighted by Gasteiger charge is 2.24. The van der Waals surface area contributed by atoms with E-state index in [1.807, 2.05) is 19.1 Å². The predicted molar refractivity (Wildman–Crippen MR) is 101 cm³/mol. The Morgan fingerprint density at radius 1 is 1.19 bits per heavy atom. The SMILES string of the molecule is Cc1ccc(NC(=O)CN(C)C(=O)[C@@H](C)Oc2ccccc2[N+](=O)[O-])cc1. The van der Waals surface area contributed by atoms with E-state index in [4.69, 9.17) is 4.74 Å². The molecule has 2 amide bonds. The molecule has 0 radical (unpaired) electrons. The number of amides is 2. The first-order valence-electron chi connectivity index (χ1n) is 8.29. The van der Waals surface area contributed by atoms with Gasteiger partial charge in [-0.3, -0.25) is 19.7 Å². The second-order valence-corrected chi connectivity index (χ2v) is 6.09. The van der Waals surface area contributed by atoms with Gasteiger partial charge in [-0.15, -0.1) is 0 Å². The standard InChI is InChI=1S/C19H21N3O5/c1-13-8-10-15(11-9-13)20-18(23)12-21(3)19(24)14(2)27-17-7-5-4-6-16(17)22(25)26/h4-11,14H,12H2,1-3H3,(H,20,23)/t14-/m1/s1. The maximum absolute atomic E-state index is 12.4. The molecule has 0 unspecified atom stereocenters. The van der Waals surface area contributed by atoms with E-state index >= 15 is 0 Å². The fourth-order valence-electron chi connectivity index (χ4n) is 2.39. The Labute approximate surface area is 156 Å². The van der Waals surface area contributed by atoms with Crippen molar-refractivity contribution in [3.05, 3.63) is 64.2 Å². The van der Waals surface area contributed by atoms with Crippen LogP contribution in [0.3, 0.4) is 0 Å². The largest absolute Gasteiger partial charge is 0.474 e. The number of anilines is 1. The van der Waals surface area contributed by atoms with Crippen LogP contribution in [0, 0.1) is 17.0 Å². The van der Waals surface area contributed by atoms with E-state index in [0.717, 1.165) is 5.56 Å². The molecule has 142 valence electrons. The van der Waals surface area contributed by atoms with Gasteiger partial charge in [-0.1, -0.05) is 29.8 Å². The first kappa shape index (κ1) is 19.9. The van der Waals surface area contributed by atoms with Crippen molar-refractivity contribution in [3.8, 4) is 5.75 Å². The van der Waals surface area contributed by atoms with Gasteiger partial charge >= 0.3 is 5.69 Å². The Balaban J connectivity index is 1.94. The molecule has 27 heavy (non-hydrogen) atoms. The molecule has 0 heterocycles. The van der Waals surface area contributed by atoms with Gasteiger partial charge in [0.05, 0.1) is 11.5 Å². The van der Waals surface area contributed by atoms with Crippen LogP contribution in [-0.4, -0.2) is 41.3 Å². The molecule has 8 nitrogen and oxygen atoms in total. The Morgan fingerprint density at radius 3 is 2.44 bits per heavy atom. The summed E-state index contributed by atoms with van der Waals surface area (Å²) in [6, 6.07) is 13.1. The number of hydrogen-bond acceptors (Lipinski definition) is 5. The quantitative estimate of drug-likeness (QED) is 0.596. The van der Waals surface area contributed by atoms with Crippen molar-refractivity contribution < 1.29 is 19.2 Å². The zero-order chi connectivity index (χ0) is 20.0. The molecule has 0 fully saturated rings. The lowest BCUT2D eigenvalue weighted by Crippen LogP contribution is -2.42. The minimum atomic E-state index is -0.983. The van der Waals surface area contributed by atoms with Crippen LogP contribution in [0.1, 0.15) is 12.5 Å². The number of benzene rings is 2. The summed E-state index contributed by atoms with van der Waals surface area (Å²) in [6.45, 7) is 3.25. The summed E-state index contributed by atoms with van der Waals surface area (Å²) in [7, 11) is 1.47. The number of nitro groups is 1. The number of nitro benzene ring substituents is 1. The van der Waals surface area contributed by atoms with E-state index in [-0.39, 0.29) is 23.9 Å². The van der Waals surface area contributed by atoms with Crippen molar-refractivity contribution in [1.82, 2.24) is 4.90 Å². The number of ether oxygens (including phenoxy) is 1. The van der Waals surface area contributed by atoms with Crippen LogP contribution in [0.5, 0.6) is 5.75 Å². The minimum absolute atomic E-state index is 0.000793. The smallest absolute Gasteiger partial charge is 0.310 e. The third kappa shape index (κ3) is 5.53. The summed E-state index contributed by atoms with van der Waals surface area (Å²) in [6.07, 6.45) is -0.983. The first-order chi connectivity index (χ1) is 12.8. The average Bonchev–Trinajstić information content (AvgIpc) is 2.63. The monoisotopic (exact) mass is 371 g/mol. The topological polar surface area (TPSA) is 102 Å². The molecule has 8 heteroatoms. The van der Waals surface area contributed by atoms with Crippen molar-refractivity contribution in [2.75, 3.05) is 18.9 Å². The third-order valence-corrected chi connectivity index (χ3v) is 3.81. The molecule has 1 atom stereocenters. The van der Waals surface area contributed by atoms with Crippen LogP contribution in [0.2, 0.25) is 0 Å². The van der Waals surface area contributed by atoms with Crippen LogP contribution in [0.25, 0.3) is 0 Å². The number of hydrogen-bond donors (Lipinski definition) is 1. The van der Waals surface area contributed by atoms with Gasteiger partial charge < -0.3 is 15.0 Å². The molecular formula is C19H21N3O5. The molecule has 2 aromatic rings. The lowest BCUT2D eigenvalue weighted by Gasteiger charge is -2.21. The Morgan fingerprint density at radius 2 is 1.81 bits per heavy atom. The predicted octanol–water partition coefficient (Wildman–Crippen LogP) is 2.77. The van der Waals surface area contributed by atoms with Crippen LogP contribution < -0.4 is 10.1 Å². The van der Waals surface area contributed by atoms with Crippen molar-refractivity contribution >= 4 is 23.2 Å². The minimum Gasteiger partial charge on any atom is -0.474 e. The molecule has 2 rings (SSSR count). The highest BCUT2D eigenvalue weighted by Crippen LogP contribution is 2.27. The molecule has 0 spiro atoms. The van der Waals surface area contributed by atoms with Crippen molar-refractivity contribution in [3.63, 3.8) is 0 Å². The van der Waals surface area contributed by atoms with E-state index in [2.05, 4.69) is 5.32 Å². The van der Waals surface area contributed by atoms with Crippen LogP contribution >= 0.6 is 0 Å². The van der Waals surface area contributed by atoms with Gasteiger partial charge in [-0.05, 0) is 32.0 Å². The van der Waals surface area contributed by atoms with Gasteiger partial charge in [0, 0.05) is 18.8 Å². The number of nitrogens with zero attached hydrogens (tertiary/aromatic N) is 2. The van der Waals surface area contributed by atoms with Crippen LogP contribution in [0.15, 0.2) is 48.5 Å². The van der Waals surface area contributed by atoms with E-state index in [0.29, 0.717) is 5.69 Å². The van der Waals surface area contributed by atoms with Crippen molar-refractivity contribution in [1.29, 1.82) is 0 Å². The van der Waals surface area contributed by atoms with Crippen molar-refractivity contribution in [2.24, 2.45) is 0 Å². The summed E-state index contributed by atoms with van der Waals surface area (Å²) < 4.78 is 5.44. The normalized spacial score (nSPS) is 11.4. The summed E-state index contributed by atoms with van der Waals surface area (Å²) in [5.41, 5.74) is 1.48. The second-order valence-electron chi connectivity index (χ2n) is 6.09. The van der Waals surface area contributed by atoms with Crippen molar-refractivity contribution in [2.45, 2.75) is 20.0 Å². The number of aryl methyl sites for hydroxylation is 1. The van der Waals surface area contributed by atoms with E-state index in [9.17, 15) is 19.7 Å². The van der Waals surface area contributed by atoms with Crippen LogP contribution in [-0.2, 0) is 9.59 Å². The molecule has 0 aliphatic heterocycles. The Hall–Kier alpha value is -3.42. The second kappa shape index (κ2) is 8.79. The van der Waals surface area contributed by atoms with Crippen LogP contribution in [0.4, 0.5) is 11.4 Å². The van der Waals surface area contributed by atoms with Gasteiger partial charge in [0.25, 0.3) is 5.91 Å². The molecular weight excluding hydrogens is 350 g/mol. The van der Waals surface area contributed by atoms with Gasteiger partial charge in [0.2, 0.25) is 5.91 Å². The lowest BCUT2D eigenvalue weighted by atomic mass is 10.2. The zero-order valence-corrected chi connectivity index (χ0v) is 15.3. The number of nitrogens with one attached hydrogen (secondary N) is 1. The molecule has 0 bridgehead atoms. The van der Waals surface area contributed by atoms with E-state index in [1.165, 1.54) is 37.1 Å². The van der Waals surface area contributed by atoms with Gasteiger partial charge in [0.1, 0.15) is 0 Å². The third-order valence-electron chi connectivity index (χ3n) is 3.81. The molecule has 2 aromatic carbocycles. The molecule has 0 saturated heterocycles. The average molecular weight is 371 g/mol. The summed E-state index contributed by atoms with van der Waals surface area (Å²) in [5.74, 6) is -0.819. The maximum atomic E-state index is 12.4. The number of carbonyl (C=O) groups is 2. The van der Waals surface area contributed by atoms with E-state index in [1.54, 1.807) is 18.2 Å². The van der Waals surface area contributed by atoms with Gasteiger partial charge in [-0.2, -0.15) is 0 Å². The molecule has 0 aliphatic rings. The summed E-state index contributed by atoms with van der Waals surface area (Å²) in [5, 5.41) is 13.7.